The Hall–Kier alpha value is -3.26. The van der Waals surface area contributed by atoms with E-state index >= 15 is 0 Å². The zero-order valence-corrected chi connectivity index (χ0v) is 17.6. The predicted octanol–water partition coefficient (Wildman–Crippen LogP) is 2.85. The van der Waals surface area contributed by atoms with E-state index in [2.05, 4.69) is 10.3 Å². The number of anilines is 1. The van der Waals surface area contributed by atoms with Crippen LogP contribution in [0, 0.1) is 11.3 Å². The number of likely N-dealkylation sites (N-methyl/N-ethyl adjacent to an activating group) is 1. The first-order valence-electron chi connectivity index (χ1n) is 8.75. The average molecular weight is 443 g/mol. The lowest BCUT2D eigenvalue weighted by Gasteiger charge is -2.18. The number of nitriles is 1. The fraction of sp³-hybridized carbons (Fsp3) is 0.150. The molecule has 0 fully saturated rings. The van der Waals surface area contributed by atoms with E-state index in [1.165, 1.54) is 42.6 Å². The zero-order valence-electron chi connectivity index (χ0n) is 16.0. The lowest BCUT2D eigenvalue weighted by Crippen LogP contribution is -2.35. The standard InChI is InChI=1S/C20H18N4O4S2/c1-24(30(26,27)17-8-6-15(10-21)7-9-17)11-20(25)23-18-4-2-3-5-19(18)28-12-16-13-29-14-22-16/h2-9,13-14H,11-12H2,1H3,(H,23,25). The van der Waals surface area contributed by atoms with Gasteiger partial charge in [0.2, 0.25) is 15.9 Å². The Labute approximate surface area is 178 Å². The molecule has 0 spiro atoms. The van der Waals surface area contributed by atoms with E-state index in [1.54, 1.807) is 29.8 Å². The second-order valence-electron chi connectivity index (χ2n) is 6.21. The molecule has 0 unspecified atom stereocenters. The number of carbonyl (C=O) groups is 1. The highest BCUT2D eigenvalue weighted by atomic mass is 32.2. The number of rotatable bonds is 8. The summed E-state index contributed by atoms with van der Waals surface area (Å²) in [7, 11) is -2.56. The molecule has 30 heavy (non-hydrogen) atoms. The van der Waals surface area contributed by atoms with Crippen LogP contribution in [0.2, 0.25) is 0 Å². The van der Waals surface area contributed by atoms with Gasteiger partial charge >= 0.3 is 0 Å². The van der Waals surface area contributed by atoms with Gasteiger partial charge in [-0.05, 0) is 36.4 Å². The first-order valence-corrected chi connectivity index (χ1v) is 11.1. The summed E-state index contributed by atoms with van der Waals surface area (Å²) < 4.78 is 32.0. The summed E-state index contributed by atoms with van der Waals surface area (Å²) in [6, 6.07) is 14.3. The topological polar surface area (TPSA) is 112 Å². The van der Waals surface area contributed by atoms with Gasteiger partial charge in [0.1, 0.15) is 12.4 Å². The highest BCUT2D eigenvalue weighted by Gasteiger charge is 2.23. The summed E-state index contributed by atoms with van der Waals surface area (Å²) in [6.45, 7) is -0.133. The van der Waals surface area contributed by atoms with Gasteiger partial charge < -0.3 is 10.1 Å². The summed E-state index contributed by atoms with van der Waals surface area (Å²) in [5.74, 6) is -0.0594. The Kier molecular flexibility index (Phi) is 6.79. The maximum absolute atomic E-state index is 12.7. The monoisotopic (exact) mass is 442 g/mol. The minimum Gasteiger partial charge on any atom is -0.485 e. The van der Waals surface area contributed by atoms with Crippen LogP contribution in [-0.4, -0.2) is 37.2 Å². The van der Waals surface area contributed by atoms with Crippen LogP contribution in [0.25, 0.3) is 0 Å². The van der Waals surface area contributed by atoms with Crippen LogP contribution in [-0.2, 0) is 21.4 Å². The molecule has 0 aliphatic heterocycles. The molecule has 3 rings (SSSR count). The molecule has 1 N–H and O–H groups in total. The lowest BCUT2D eigenvalue weighted by molar-refractivity contribution is -0.116. The van der Waals surface area contributed by atoms with Crippen molar-refractivity contribution in [1.29, 1.82) is 5.26 Å². The SMILES string of the molecule is CN(CC(=O)Nc1ccccc1OCc1cscn1)S(=O)(=O)c1ccc(C#N)cc1. The number of hydrogen-bond donors (Lipinski definition) is 1. The third kappa shape index (κ3) is 5.21. The molecule has 8 nitrogen and oxygen atoms in total. The number of sulfonamides is 1. The maximum atomic E-state index is 12.7. The van der Waals surface area contributed by atoms with Gasteiger partial charge in [0.25, 0.3) is 0 Å². The van der Waals surface area contributed by atoms with Gasteiger partial charge in [-0.3, -0.25) is 4.79 Å². The van der Waals surface area contributed by atoms with Crippen LogP contribution in [0.1, 0.15) is 11.3 Å². The molecule has 0 bridgehead atoms. The van der Waals surface area contributed by atoms with Gasteiger partial charge in [0.05, 0.1) is 40.0 Å². The fourth-order valence-corrected chi connectivity index (χ4v) is 4.18. The molecule has 1 heterocycles. The fourth-order valence-electron chi connectivity index (χ4n) is 2.51. The van der Waals surface area contributed by atoms with Gasteiger partial charge in [0, 0.05) is 12.4 Å². The van der Waals surface area contributed by atoms with E-state index in [9.17, 15) is 13.2 Å². The van der Waals surface area contributed by atoms with Gasteiger partial charge in [-0.25, -0.2) is 13.4 Å². The van der Waals surface area contributed by atoms with Crippen LogP contribution in [0.15, 0.2) is 64.3 Å². The molecule has 0 aliphatic carbocycles. The number of benzene rings is 2. The number of aromatic nitrogens is 1. The first-order chi connectivity index (χ1) is 14.4. The van der Waals surface area contributed by atoms with Crippen LogP contribution < -0.4 is 10.1 Å². The predicted molar refractivity (Wildman–Crippen MR) is 112 cm³/mol. The Morgan fingerprint density at radius 3 is 2.63 bits per heavy atom. The second kappa shape index (κ2) is 9.49. The van der Waals surface area contributed by atoms with E-state index in [0.29, 0.717) is 17.0 Å². The van der Waals surface area contributed by atoms with Crippen LogP contribution in [0.3, 0.4) is 0 Å². The molecule has 2 aromatic carbocycles. The summed E-state index contributed by atoms with van der Waals surface area (Å²) in [6.07, 6.45) is 0. The molecule has 0 saturated carbocycles. The minimum atomic E-state index is -3.88. The van der Waals surface area contributed by atoms with Crippen molar-refractivity contribution in [2.75, 3.05) is 18.9 Å². The van der Waals surface area contributed by atoms with Gasteiger partial charge in [-0.1, -0.05) is 12.1 Å². The Morgan fingerprint density at radius 2 is 1.97 bits per heavy atom. The van der Waals surface area contributed by atoms with Crippen LogP contribution in [0.5, 0.6) is 5.75 Å². The third-order valence-electron chi connectivity index (χ3n) is 4.08. The van der Waals surface area contributed by atoms with E-state index in [-0.39, 0.29) is 18.0 Å². The van der Waals surface area contributed by atoms with Crippen molar-refractivity contribution in [2.24, 2.45) is 0 Å². The van der Waals surface area contributed by atoms with Crippen LogP contribution in [0.4, 0.5) is 5.69 Å². The van der Waals surface area contributed by atoms with E-state index in [1.807, 2.05) is 11.4 Å². The molecule has 3 aromatic rings. The number of thiazole rings is 1. The normalized spacial score (nSPS) is 11.1. The highest BCUT2D eigenvalue weighted by Crippen LogP contribution is 2.25. The van der Waals surface area contributed by atoms with Crippen molar-refractivity contribution in [3.8, 4) is 11.8 Å². The van der Waals surface area contributed by atoms with Crippen molar-refractivity contribution in [1.82, 2.24) is 9.29 Å². The largest absolute Gasteiger partial charge is 0.485 e. The van der Waals surface area contributed by atoms with E-state index in [4.69, 9.17) is 10.00 Å². The average Bonchev–Trinajstić information content (AvgIpc) is 3.26. The summed E-state index contributed by atoms with van der Waals surface area (Å²) in [5.41, 5.74) is 3.26. The Morgan fingerprint density at radius 1 is 1.23 bits per heavy atom. The van der Waals surface area contributed by atoms with Crippen molar-refractivity contribution in [3.05, 3.63) is 70.7 Å². The minimum absolute atomic E-state index is 0.00352. The van der Waals surface area contributed by atoms with Crippen molar-refractivity contribution >= 4 is 33.0 Å². The Balaban J connectivity index is 1.65. The summed E-state index contributed by atoms with van der Waals surface area (Å²) in [4.78, 5) is 16.6. The molecule has 154 valence electrons. The smallest absolute Gasteiger partial charge is 0.243 e. The van der Waals surface area contributed by atoms with E-state index < -0.39 is 15.9 Å². The molecule has 1 amide bonds. The summed E-state index contributed by atoms with van der Waals surface area (Å²) >= 11 is 1.46. The highest BCUT2D eigenvalue weighted by molar-refractivity contribution is 7.89. The second-order valence-corrected chi connectivity index (χ2v) is 8.97. The lowest BCUT2D eigenvalue weighted by atomic mass is 10.2. The summed E-state index contributed by atoms with van der Waals surface area (Å²) in [5, 5.41) is 13.4. The van der Waals surface area contributed by atoms with E-state index in [0.717, 1.165) is 10.00 Å². The number of para-hydroxylation sites is 2. The zero-order chi connectivity index (χ0) is 21.6. The molecule has 10 heteroatoms. The number of amides is 1. The Bertz CT molecular complexity index is 1150. The molecular formula is C20H18N4O4S2. The molecule has 0 atom stereocenters. The van der Waals surface area contributed by atoms with Gasteiger partial charge in [-0.2, -0.15) is 9.57 Å². The number of carbonyl (C=O) groups excluding carboxylic acids is 1. The van der Waals surface area contributed by atoms with Gasteiger partial charge in [-0.15, -0.1) is 11.3 Å². The number of nitrogens with zero attached hydrogens (tertiary/aromatic N) is 3. The molecule has 0 aliphatic rings. The third-order valence-corrected chi connectivity index (χ3v) is 6.53. The van der Waals surface area contributed by atoms with Gasteiger partial charge in [0.15, 0.2) is 0 Å². The number of nitrogens with one attached hydrogen (secondary N) is 1. The number of hydrogen-bond acceptors (Lipinski definition) is 7. The van der Waals surface area contributed by atoms with Crippen molar-refractivity contribution < 1.29 is 17.9 Å². The molecule has 0 radical (unpaired) electrons. The number of ether oxygens (including phenoxy) is 1. The maximum Gasteiger partial charge on any atom is 0.243 e. The quantitative estimate of drug-likeness (QED) is 0.574. The molecular weight excluding hydrogens is 424 g/mol. The van der Waals surface area contributed by atoms with Crippen LogP contribution >= 0.6 is 11.3 Å². The first kappa shape index (κ1) is 21.4. The van der Waals surface area contributed by atoms with Crippen molar-refractivity contribution in [3.63, 3.8) is 0 Å². The molecule has 1 aromatic heterocycles. The van der Waals surface area contributed by atoms with Crippen molar-refractivity contribution in [2.45, 2.75) is 11.5 Å². The molecule has 0 saturated heterocycles.